The van der Waals surface area contributed by atoms with Crippen LogP contribution in [0.3, 0.4) is 0 Å². The molecular formula is C20H25FN4O. The van der Waals surface area contributed by atoms with Gasteiger partial charge in [0.15, 0.2) is 5.96 Å². The van der Waals surface area contributed by atoms with E-state index >= 15 is 0 Å². The smallest absolute Gasteiger partial charge is 0.243 e. The van der Waals surface area contributed by atoms with Gasteiger partial charge in [0.1, 0.15) is 5.82 Å². The molecule has 0 unspecified atom stereocenters. The molecule has 0 saturated carbocycles. The highest BCUT2D eigenvalue weighted by Gasteiger charge is 2.21. The minimum Gasteiger partial charge on any atom is -0.356 e. The summed E-state index contributed by atoms with van der Waals surface area (Å²) >= 11 is 0. The largest absolute Gasteiger partial charge is 0.356 e. The lowest BCUT2D eigenvalue weighted by molar-refractivity contribution is -0.115. The number of hydrogen-bond acceptors (Lipinski definition) is 2. The second-order valence-electron chi connectivity index (χ2n) is 6.59. The van der Waals surface area contributed by atoms with Crippen molar-refractivity contribution in [2.24, 2.45) is 4.99 Å². The zero-order valence-corrected chi connectivity index (χ0v) is 15.3. The summed E-state index contributed by atoms with van der Waals surface area (Å²) < 4.78 is 13.5. The van der Waals surface area contributed by atoms with E-state index in [0.29, 0.717) is 12.5 Å². The highest BCUT2D eigenvalue weighted by atomic mass is 19.1. The number of amides is 1. The van der Waals surface area contributed by atoms with Crippen LogP contribution in [0.25, 0.3) is 0 Å². The Kier molecular flexibility index (Phi) is 6.72. The van der Waals surface area contributed by atoms with Gasteiger partial charge >= 0.3 is 0 Å². The highest BCUT2D eigenvalue weighted by Crippen LogP contribution is 2.22. The topological polar surface area (TPSA) is 65.5 Å². The van der Waals surface area contributed by atoms with Gasteiger partial charge < -0.3 is 16.0 Å². The second-order valence-corrected chi connectivity index (χ2v) is 6.59. The number of rotatable bonds is 6. The Morgan fingerprint density at radius 3 is 2.46 bits per heavy atom. The van der Waals surface area contributed by atoms with Gasteiger partial charge in [-0.3, -0.25) is 9.79 Å². The number of aliphatic imine (C=N–C) groups is 1. The van der Waals surface area contributed by atoms with Gasteiger partial charge in [0.2, 0.25) is 5.91 Å². The molecule has 0 atom stereocenters. The van der Waals surface area contributed by atoms with Crippen molar-refractivity contribution in [3.63, 3.8) is 0 Å². The summed E-state index contributed by atoms with van der Waals surface area (Å²) in [4.78, 5) is 16.1. The van der Waals surface area contributed by atoms with Gasteiger partial charge in [0, 0.05) is 24.7 Å². The molecule has 138 valence electrons. The number of para-hydroxylation sites is 1. The minimum absolute atomic E-state index is 0.0922. The van der Waals surface area contributed by atoms with E-state index in [1.54, 1.807) is 13.1 Å². The molecule has 3 N–H and O–H groups in total. The number of hydrogen-bond donors (Lipinski definition) is 3. The normalized spacial score (nSPS) is 11.8. The fourth-order valence-corrected chi connectivity index (χ4v) is 2.43. The lowest BCUT2D eigenvalue weighted by Gasteiger charge is -2.26. The molecule has 0 bridgehead atoms. The molecule has 5 nitrogen and oxygen atoms in total. The molecule has 0 aliphatic heterocycles. The first kappa shape index (κ1) is 19.4. The zero-order valence-electron chi connectivity index (χ0n) is 15.3. The van der Waals surface area contributed by atoms with Crippen molar-refractivity contribution in [3.8, 4) is 0 Å². The molecule has 0 aliphatic rings. The van der Waals surface area contributed by atoms with Crippen molar-refractivity contribution in [1.82, 2.24) is 10.6 Å². The van der Waals surface area contributed by atoms with Gasteiger partial charge in [-0.25, -0.2) is 4.39 Å². The predicted molar refractivity (Wildman–Crippen MR) is 104 cm³/mol. The van der Waals surface area contributed by atoms with Crippen LogP contribution in [0.4, 0.5) is 10.1 Å². The maximum Gasteiger partial charge on any atom is 0.243 e. The first-order valence-corrected chi connectivity index (χ1v) is 8.46. The lowest BCUT2D eigenvalue weighted by Crippen LogP contribution is -2.45. The van der Waals surface area contributed by atoms with E-state index in [0.717, 1.165) is 11.3 Å². The Balaban J connectivity index is 1.84. The molecule has 2 aromatic carbocycles. The molecule has 0 spiro atoms. The highest BCUT2D eigenvalue weighted by molar-refractivity contribution is 5.94. The maximum absolute atomic E-state index is 13.5. The quantitative estimate of drug-likeness (QED) is 0.551. The molecular weight excluding hydrogens is 331 g/mol. The number of nitrogens with one attached hydrogen (secondary N) is 3. The lowest BCUT2D eigenvalue weighted by atomic mass is 9.84. The molecule has 2 rings (SSSR count). The van der Waals surface area contributed by atoms with E-state index in [9.17, 15) is 9.18 Å². The zero-order chi connectivity index (χ0) is 19.0. The third-order valence-corrected chi connectivity index (χ3v) is 4.00. The Labute approximate surface area is 153 Å². The van der Waals surface area contributed by atoms with Crippen molar-refractivity contribution in [1.29, 1.82) is 0 Å². The number of anilines is 1. The van der Waals surface area contributed by atoms with E-state index in [1.165, 1.54) is 12.1 Å². The molecule has 0 heterocycles. The standard InChI is InChI=1S/C20H25FN4O/c1-20(2,15-8-7-9-16(21)12-15)14-24-19(22-3)23-13-18(26)25-17-10-5-4-6-11-17/h4-12H,13-14H2,1-3H3,(H,25,26)(H2,22,23,24). The van der Waals surface area contributed by atoms with Gasteiger partial charge in [-0.1, -0.05) is 44.2 Å². The van der Waals surface area contributed by atoms with Crippen molar-refractivity contribution in [2.45, 2.75) is 19.3 Å². The SMILES string of the molecule is CN=C(NCC(=O)Nc1ccccc1)NCC(C)(C)c1cccc(F)c1. The first-order valence-electron chi connectivity index (χ1n) is 8.46. The summed E-state index contributed by atoms with van der Waals surface area (Å²) in [6, 6.07) is 15.8. The third-order valence-electron chi connectivity index (χ3n) is 4.00. The van der Waals surface area contributed by atoms with E-state index in [-0.39, 0.29) is 23.7 Å². The van der Waals surface area contributed by atoms with E-state index in [2.05, 4.69) is 20.9 Å². The van der Waals surface area contributed by atoms with Gasteiger partial charge in [-0.15, -0.1) is 0 Å². The third kappa shape index (κ3) is 5.88. The summed E-state index contributed by atoms with van der Waals surface area (Å²) in [5.41, 5.74) is 1.34. The molecule has 0 fully saturated rings. The molecule has 6 heteroatoms. The van der Waals surface area contributed by atoms with Crippen LogP contribution in [0.5, 0.6) is 0 Å². The molecule has 1 amide bonds. The summed E-state index contributed by atoms with van der Waals surface area (Å²) in [6.07, 6.45) is 0. The summed E-state index contributed by atoms with van der Waals surface area (Å²) in [7, 11) is 1.64. The fourth-order valence-electron chi connectivity index (χ4n) is 2.43. The fraction of sp³-hybridized carbons (Fsp3) is 0.300. The molecule has 0 saturated heterocycles. The van der Waals surface area contributed by atoms with Gasteiger partial charge in [0.25, 0.3) is 0 Å². The number of carbonyl (C=O) groups is 1. The van der Waals surface area contributed by atoms with E-state index in [1.807, 2.05) is 50.2 Å². The number of guanidine groups is 1. The van der Waals surface area contributed by atoms with Gasteiger partial charge in [0.05, 0.1) is 6.54 Å². The molecule has 2 aromatic rings. The monoisotopic (exact) mass is 356 g/mol. The Morgan fingerprint density at radius 2 is 1.81 bits per heavy atom. The van der Waals surface area contributed by atoms with Crippen molar-refractivity contribution >= 4 is 17.6 Å². The van der Waals surface area contributed by atoms with Gasteiger partial charge in [-0.2, -0.15) is 0 Å². The van der Waals surface area contributed by atoms with E-state index < -0.39 is 0 Å². The summed E-state index contributed by atoms with van der Waals surface area (Å²) in [6.45, 7) is 4.67. The van der Waals surface area contributed by atoms with Crippen molar-refractivity contribution < 1.29 is 9.18 Å². The minimum atomic E-state index is -0.300. The Bertz CT molecular complexity index is 759. The first-order chi connectivity index (χ1) is 12.4. The van der Waals surface area contributed by atoms with E-state index in [4.69, 9.17) is 0 Å². The summed E-state index contributed by atoms with van der Waals surface area (Å²) in [5, 5.41) is 8.96. The average Bonchev–Trinajstić information content (AvgIpc) is 2.62. The second kappa shape index (κ2) is 8.99. The predicted octanol–water partition coefficient (Wildman–Crippen LogP) is 2.91. The van der Waals surface area contributed by atoms with Crippen LogP contribution in [0.2, 0.25) is 0 Å². The van der Waals surface area contributed by atoms with Crippen LogP contribution in [-0.4, -0.2) is 32.0 Å². The number of carbonyl (C=O) groups excluding carboxylic acids is 1. The van der Waals surface area contributed by atoms with Gasteiger partial charge in [-0.05, 0) is 29.8 Å². The average molecular weight is 356 g/mol. The Hall–Kier alpha value is -2.89. The van der Waals surface area contributed by atoms with Crippen LogP contribution < -0.4 is 16.0 Å². The number of benzene rings is 2. The van der Waals surface area contributed by atoms with Crippen molar-refractivity contribution in [3.05, 3.63) is 66.0 Å². The van der Waals surface area contributed by atoms with Crippen molar-refractivity contribution in [2.75, 3.05) is 25.5 Å². The molecule has 0 radical (unpaired) electrons. The van der Waals surface area contributed by atoms with Crippen LogP contribution in [0.15, 0.2) is 59.6 Å². The molecule has 26 heavy (non-hydrogen) atoms. The van der Waals surface area contributed by atoms with Crippen LogP contribution >= 0.6 is 0 Å². The number of nitrogens with zero attached hydrogens (tertiary/aromatic N) is 1. The van der Waals surface area contributed by atoms with Crippen LogP contribution in [0.1, 0.15) is 19.4 Å². The Morgan fingerprint density at radius 1 is 1.08 bits per heavy atom. The number of halogens is 1. The van der Waals surface area contributed by atoms with Crippen LogP contribution in [0, 0.1) is 5.82 Å². The summed E-state index contributed by atoms with van der Waals surface area (Å²) in [5.74, 6) is 0.0943. The van der Waals surface area contributed by atoms with Crippen LogP contribution in [-0.2, 0) is 10.2 Å². The molecule has 0 aliphatic carbocycles. The molecule has 0 aromatic heterocycles. The maximum atomic E-state index is 13.5.